The molecular weight excluding hydrogens is 388 g/mol. The maximum absolute atomic E-state index is 11.9. The highest BCUT2D eigenvalue weighted by atomic mass is 32.2. The van der Waals surface area contributed by atoms with Crippen molar-refractivity contribution in [2.45, 2.75) is 32.5 Å². The predicted octanol–water partition coefficient (Wildman–Crippen LogP) is 3.96. The molecule has 0 aromatic carbocycles. The molecule has 0 unspecified atom stereocenters. The number of aryl methyl sites for hydroxylation is 1. The van der Waals surface area contributed by atoms with Gasteiger partial charge < -0.3 is 4.42 Å². The third kappa shape index (κ3) is 4.09. The van der Waals surface area contributed by atoms with E-state index in [0.717, 1.165) is 28.8 Å². The highest BCUT2D eigenvalue weighted by Crippen LogP contribution is 2.28. The lowest BCUT2D eigenvalue weighted by Gasteiger charge is -2.26. The van der Waals surface area contributed by atoms with Crippen molar-refractivity contribution >= 4 is 32.5 Å². The lowest BCUT2D eigenvalue weighted by molar-refractivity contribution is 0.194. The van der Waals surface area contributed by atoms with Crippen LogP contribution >= 0.6 is 22.7 Å². The molecule has 1 saturated heterocycles. The Kier molecular flexibility index (Phi) is 5.00. The van der Waals surface area contributed by atoms with Crippen LogP contribution in [-0.4, -0.2) is 35.8 Å². The van der Waals surface area contributed by atoms with E-state index < -0.39 is 9.84 Å². The van der Waals surface area contributed by atoms with Crippen LogP contribution in [0, 0.1) is 6.92 Å². The average molecular weight is 409 g/mol. The van der Waals surface area contributed by atoms with Crippen LogP contribution in [0.1, 0.15) is 22.8 Å². The van der Waals surface area contributed by atoms with Crippen molar-refractivity contribution in [3.8, 4) is 10.8 Å². The van der Waals surface area contributed by atoms with Gasteiger partial charge in [0.1, 0.15) is 5.76 Å². The molecule has 26 heavy (non-hydrogen) atoms. The summed E-state index contributed by atoms with van der Waals surface area (Å²) in [5.74, 6) is 2.18. The summed E-state index contributed by atoms with van der Waals surface area (Å²) >= 11 is 3.26. The van der Waals surface area contributed by atoms with E-state index in [-0.39, 0.29) is 17.5 Å². The Labute approximate surface area is 161 Å². The molecule has 8 heteroatoms. The topological polar surface area (TPSA) is 63.4 Å². The molecule has 4 rings (SSSR count). The minimum Gasteiger partial charge on any atom is -0.459 e. The second kappa shape index (κ2) is 7.26. The first-order chi connectivity index (χ1) is 12.5. The molecule has 5 nitrogen and oxygen atoms in total. The van der Waals surface area contributed by atoms with Crippen LogP contribution in [0.2, 0.25) is 0 Å². The molecule has 3 aromatic rings. The van der Waals surface area contributed by atoms with E-state index in [1.54, 1.807) is 22.7 Å². The number of hydrogen-bond acceptors (Lipinski definition) is 7. The summed E-state index contributed by atoms with van der Waals surface area (Å²) in [7, 11) is -2.92. The summed E-state index contributed by atoms with van der Waals surface area (Å²) in [5.41, 5.74) is 0.958. The SMILES string of the molecule is Cc1ccc(-c2nc(CN(Cc3cccs3)[C@@H]3CCS(=O)(=O)C3)cs2)o1. The minimum absolute atomic E-state index is 0.0538. The van der Waals surface area contributed by atoms with Crippen LogP contribution in [0.3, 0.4) is 0 Å². The van der Waals surface area contributed by atoms with Crippen molar-refractivity contribution < 1.29 is 12.8 Å². The summed E-state index contributed by atoms with van der Waals surface area (Å²) in [6.07, 6.45) is 0.697. The predicted molar refractivity (Wildman–Crippen MR) is 105 cm³/mol. The zero-order valence-corrected chi connectivity index (χ0v) is 16.9. The number of furan rings is 1. The van der Waals surface area contributed by atoms with Gasteiger partial charge in [-0.05, 0) is 36.9 Å². The van der Waals surface area contributed by atoms with Gasteiger partial charge >= 0.3 is 0 Å². The van der Waals surface area contributed by atoms with Crippen molar-refractivity contribution in [1.82, 2.24) is 9.88 Å². The van der Waals surface area contributed by atoms with Gasteiger partial charge in [0.2, 0.25) is 0 Å². The van der Waals surface area contributed by atoms with E-state index in [4.69, 9.17) is 9.40 Å². The van der Waals surface area contributed by atoms with Gasteiger partial charge in [0.25, 0.3) is 0 Å². The molecule has 1 aliphatic heterocycles. The fourth-order valence-corrected chi connectivity index (χ4v) is 6.49. The fourth-order valence-electron chi connectivity index (χ4n) is 3.23. The Bertz CT molecular complexity index is 973. The normalized spacial score (nSPS) is 19.4. The number of aromatic nitrogens is 1. The first-order valence-electron chi connectivity index (χ1n) is 8.46. The molecule has 1 aliphatic rings. The second-order valence-electron chi connectivity index (χ2n) is 6.60. The van der Waals surface area contributed by atoms with Gasteiger partial charge in [-0.1, -0.05) is 6.07 Å². The largest absolute Gasteiger partial charge is 0.459 e. The number of thiophene rings is 1. The van der Waals surface area contributed by atoms with Crippen molar-refractivity contribution in [2.24, 2.45) is 0 Å². The summed E-state index contributed by atoms with van der Waals surface area (Å²) in [6, 6.07) is 8.05. The van der Waals surface area contributed by atoms with E-state index >= 15 is 0 Å². The smallest absolute Gasteiger partial charge is 0.162 e. The Morgan fingerprint density at radius 3 is 2.81 bits per heavy atom. The maximum Gasteiger partial charge on any atom is 0.162 e. The molecule has 0 N–H and O–H groups in total. The number of thiazole rings is 1. The second-order valence-corrected chi connectivity index (χ2v) is 10.7. The zero-order chi connectivity index (χ0) is 18.1. The highest BCUT2D eigenvalue weighted by molar-refractivity contribution is 7.91. The molecule has 0 aliphatic carbocycles. The van der Waals surface area contributed by atoms with E-state index in [1.165, 1.54) is 4.88 Å². The number of sulfone groups is 1. The lowest BCUT2D eigenvalue weighted by Crippen LogP contribution is -2.35. The molecule has 4 heterocycles. The Balaban J connectivity index is 1.53. The molecule has 138 valence electrons. The average Bonchev–Trinajstić information content (AvgIpc) is 3.34. The van der Waals surface area contributed by atoms with Gasteiger partial charge in [0.05, 0.1) is 17.2 Å². The molecular formula is C18H20N2O3S3. The van der Waals surface area contributed by atoms with Gasteiger partial charge in [-0.25, -0.2) is 13.4 Å². The molecule has 0 spiro atoms. The maximum atomic E-state index is 11.9. The Morgan fingerprint density at radius 1 is 1.27 bits per heavy atom. The summed E-state index contributed by atoms with van der Waals surface area (Å²) in [6.45, 7) is 3.32. The van der Waals surface area contributed by atoms with Crippen LogP contribution < -0.4 is 0 Å². The minimum atomic E-state index is -2.92. The van der Waals surface area contributed by atoms with E-state index in [2.05, 4.69) is 16.3 Å². The van der Waals surface area contributed by atoms with Crippen molar-refractivity contribution in [3.05, 3.63) is 51.4 Å². The quantitative estimate of drug-likeness (QED) is 0.618. The van der Waals surface area contributed by atoms with Crippen LogP contribution in [0.15, 0.2) is 39.4 Å². The van der Waals surface area contributed by atoms with Gasteiger partial charge in [0, 0.05) is 29.4 Å². The molecule has 1 fully saturated rings. The van der Waals surface area contributed by atoms with Gasteiger partial charge in [-0.2, -0.15) is 0 Å². The van der Waals surface area contributed by atoms with Crippen LogP contribution in [0.25, 0.3) is 10.8 Å². The van der Waals surface area contributed by atoms with Crippen LogP contribution in [0.4, 0.5) is 0 Å². The molecule has 0 amide bonds. The van der Waals surface area contributed by atoms with Gasteiger partial charge in [-0.3, -0.25) is 4.90 Å². The fraction of sp³-hybridized carbons (Fsp3) is 0.389. The van der Waals surface area contributed by atoms with E-state index in [9.17, 15) is 8.42 Å². The molecule has 3 aromatic heterocycles. The molecule has 1 atom stereocenters. The third-order valence-electron chi connectivity index (χ3n) is 4.53. The number of rotatable bonds is 6. The Morgan fingerprint density at radius 2 is 2.15 bits per heavy atom. The van der Waals surface area contributed by atoms with E-state index in [1.807, 2.05) is 30.5 Å². The van der Waals surface area contributed by atoms with Gasteiger partial charge in [-0.15, -0.1) is 22.7 Å². The van der Waals surface area contributed by atoms with Gasteiger partial charge in [0.15, 0.2) is 20.6 Å². The first kappa shape index (κ1) is 17.9. The Hall–Kier alpha value is -1.48. The molecule has 0 bridgehead atoms. The first-order valence-corrected chi connectivity index (χ1v) is 12.0. The standard InChI is InChI=1S/C18H20N2O3S3/c1-13-4-5-17(23-13)18-19-14(11-25-18)9-20(10-16-3-2-7-24-16)15-6-8-26(21,22)12-15/h2-5,7,11,15H,6,8-10,12H2,1H3/t15-/m1/s1. The third-order valence-corrected chi connectivity index (χ3v) is 8.05. The summed E-state index contributed by atoms with van der Waals surface area (Å²) < 4.78 is 29.5. The van der Waals surface area contributed by atoms with Crippen LogP contribution in [0.5, 0.6) is 0 Å². The summed E-state index contributed by atoms with van der Waals surface area (Å²) in [5, 5.41) is 4.96. The van der Waals surface area contributed by atoms with Crippen molar-refractivity contribution in [2.75, 3.05) is 11.5 Å². The van der Waals surface area contributed by atoms with Crippen molar-refractivity contribution in [1.29, 1.82) is 0 Å². The highest BCUT2D eigenvalue weighted by Gasteiger charge is 2.32. The zero-order valence-electron chi connectivity index (χ0n) is 14.4. The molecule has 0 radical (unpaired) electrons. The number of nitrogens with zero attached hydrogens (tertiary/aromatic N) is 2. The number of hydrogen-bond donors (Lipinski definition) is 0. The molecule has 0 saturated carbocycles. The lowest BCUT2D eigenvalue weighted by atomic mass is 10.2. The monoisotopic (exact) mass is 408 g/mol. The van der Waals surface area contributed by atoms with Crippen LogP contribution in [-0.2, 0) is 22.9 Å². The summed E-state index contributed by atoms with van der Waals surface area (Å²) in [4.78, 5) is 8.20. The van der Waals surface area contributed by atoms with E-state index in [0.29, 0.717) is 13.0 Å². The van der Waals surface area contributed by atoms with Crippen molar-refractivity contribution in [3.63, 3.8) is 0 Å².